The lowest BCUT2D eigenvalue weighted by Crippen LogP contribution is -2.36. The largest absolute Gasteiger partial charge is 0.496 e. The van der Waals surface area contributed by atoms with Crippen LogP contribution in [0.5, 0.6) is 28.7 Å². The van der Waals surface area contributed by atoms with E-state index in [1.807, 2.05) is 0 Å². The second kappa shape index (κ2) is 13.6. The van der Waals surface area contributed by atoms with Crippen molar-refractivity contribution in [3.63, 3.8) is 0 Å². The van der Waals surface area contributed by atoms with Crippen LogP contribution in [0.25, 0.3) is 10.9 Å². The number of benzene rings is 2. The summed E-state index contributed by atoms with van der Waals surface area (Å²) in [6, 6.07) is 8.06. The number of methoxy groups -OCH3 is 2. The number of aryl methyl sites for hydroxylation is 1. The van der Waals surface area contributed by atoms with Crippen molar-refractivity contribution in [3.05, 3.63) is 71.7 Å². The molecule has 0 saturated heterocycles. The number of halogens is 2. The molecule has 0 aliphatic carbocycles. The first-order chi connectivity index (χ1) is 21.3. The SMILES string of the molecule is COc1cc2c(Oc3c(F)cc(NC(=O)c4cnc(C)cc4OC)cc3F)ccnc2cc1OCCN(C)C(=O)OC(C)(C)C. The van der Waals surface area contributed by atoms with E-state index in [1.54, 1.807) is 52.9 Å². The van der Waals surface area contributed by atoms with Crippen molar-refractivity contribution in [3.8, 4) is 28.7 Å². The van der Waals surface area contributed by atoms with Crippen LogP contribution in [0.2, 0.25) is 0 Å². The quantitative estimate of drug-likeness (QED) is 0.210. The van der Waals surface area contributed by atoms with Crippen LogP contribution in [0.15, 0.2) is 48.8 Å². The highest BCUT2D eigenvalue weighted by Crippen LogP contribution is 2.38. The minimum absolute atomic E-state index is 0.0968. The van der Waals surface area contributed by atoms with Crippen LogP contribution < -0.4 is 24.3 Å². The van der Waals surface area contributed by atoms with E-state index in [1.165, 1.54) is 37.6 Å². The van der Waals surface area contributed by atoms with Gasteiger partial charge in [0.05, 0.1) is 31.8 Å². The Hall–Kier alpha value is -5.20. The summed E-state index contributed by atoms with van der Waals surface area (Å²) < 4.78 is 57.9. The zero-order valence-electron chi connectivity index (χ0n) is 26.0. The zero-order valence-corrected chi connectivity index (χ0v) is 26.0. The summed E-state index contributed by atoms with van der Waals surface area (Å²) in [7, 11) is 4.43. The summed E-state index contributed by atoms with van der Waals surface area (Å²) in [5, 5.41) is 2.84. The van der Waals surface area contributed by atoms with Gasteiger partial charge in [0.25, 0.3) is 5.91 Å². The summed E-state index contributed by atoms with van der Waals surface area (Å²) in [5.41, 5.74) is 0.367. The number of anilines is 1. The maximum Gasteiger partial charge on any atom is 0.410 e. The second-order valence-corrected chi connectivity index (χ2v) is 10.9. The van der Waals surface area contributed by atoms with Gasteiger partial charge in [0, 0.05) is 60.5 Å². The van der Waals surface area contributed by atoms with E-state index in [9.17, 15) is 9.59 Å². The fourth-order valence-corrected chi connectivity index (χ4v) is 4.13. The normalized spacial score (nSPS) is 11.1. The van der Waals surface area contributed by atoms with Crippen molar-refractivity contribution in [2.75, 3.05) is 39.7 Å². The van der Waals surface area contributed by atoms with Gasteiger partial charge in [-0.3, -0.25) is 14.8 Å². The molecule has 2 aromatic carbocycles. The molecule has 13 heteroatoms. The topological polar surface area (TPSA) is 121 Å². The average Bonchev–Trinajstić information content (AvgIpc) is 2.97. The molecule has 45 heavy (non-hydrogen) atoms. The number of aromatic nitrogens is 2. The van der Waals surface area contributed by atoms with Crippen molar-refractivity contribution in [2.24, 2.45) is 0 Å². The summed E-state index contributed by atoms with van der Waals surface area (Å²) in [6.07, 6.45) is 2.24. The number of carbonyl (C=O) groups is 2. The standard InChI is InChI=1S/C32H34F2N4O7/c1-18-12-26(41-6)21(17-36-18)30(39)37-19-13-22(33)29(23(34)14-19)44-25-8-9-35-24-16-28(27(42-7)15-20(24)25)43-11-10-38(5)31(40)45-32(2,3)4/h8-9,12-17H,10-11H2,1-7H3,(H,37,39). The van der Waals surface area contributed by atoms with Crippen LogP contribution >= 0.6 is 0 Å². The minimum atomic E-state index is -1.05. The molecule has 238 valence electrons. The lowest BCUT2D eigenvalue weighted by Gasteiger charge is -2.24. The van der Waals surface area contributed by atoms with Crippen LogP contribution in [0.4, 0.5) is 19.3 Å². The van der Waals surface area contributed by atoms with E-state index < -0.39 is 35.0 Å². The monoisotopic (exact) mass is 624 g/mol. The number of hydrogen-bond donors (Lipinski definition) is 1. The predicted molar refractivity (Wildman–Crippen MR) is 163 cm³/mol. The third kappa shape index (κ3) is 8.05. The molecule has 0 radical (unpaired) electrons. The first-order valence-electron chi connectivity index (χ1n) is 13.8. The molecule has 0 unspecified atom stereocenters. The van der Waals surface area contributed by atoms with Crippen LogP contribution in [-0.2, 0) is 4.74 Å². The summed E-state index contributed by atoms with van der Waals surface area (Å²) >= 11 is 0. The third-order valence-corrected chi connectivity index (χ3v) is 6.31. The van der Waals surface area contributed by atoms with Gasteiger partial charge in [-0.15, -0.1) is 0 Å². The Labute approximate surface area is 259 Å². The summed E-state index contributed by atoms with van der Waals surface area (Å²) in [4.78, 5) is 34.8. The maximum absolute atomic E-state index is 15.2. The Morgan fingerprint density at radius 3 is 2.27 bits per heavy atom. The number of nitrogens with one attached hydrogen (secondary N) is 1. The highest BCUT2D eigenvalue weighted by atomic mass is 19.1. The fourth-order valence-electron chi connectivity index (χ4n) is 4.13. The van der Waals surface area contributed by atoms with E-state index in [0.717, 1.165) is 12.1 Å². The molecular weight excluding hydrogens is 590 g/mol. The second-order valence-electron chi connectivity index (χ2n) is 10.9. The maximum atomic E-state index is 15.2. The molecule has 11 nitrogen and oxygen atoms in total. The van der Waals surface area contributed by atoms with Gasteiger partial charge in [-0.1, -0.05) is 0 Å². The highest BCUT2D eigenvalue weighted by molar-refractivity contribution is 6.06. The van der Waals surface area contributed by atoms with Crippen LogP contribution in [0.1, 0.15) is 36.8 Å². The van der Waals surface area contributed by atoms with Gasteiger partial charge >= 0.3 is 6.09 Å². The van der Waals surface area contributed by atoms with E-state index in [2.05, 4.69) is 15.3 Å². The smallest absolute Gasteiger partial charge is 0.410 e. The number of hydrogen-bond acceptors (Lipinski definition) is 9. The van der Waals surface area contributed by atoms with Crippen molar-refractivity contribution in [1.29, 1.82) is 0 Å². The molecule has 0 saturated carbocycles. The molecule has 0 aliphatic rings. The van der Waals surface area contributed by atoms with Crippen molar-refractivity contribution in [2.45, 2.75) is 33.3 Å². The van der Waals surface area contributed by atoms with Crippen molar-refractivity contribution in [1.82, 2.24) is 14.9 Å². The number of ether oxygens (including phenoxy) is 5. The molecule has 0 bridgehead atoms. The van der Waals surface area contributed by atoms with Crippen molar-refractivity contribution >= 4 is 28.6 Å². The molecular formula is C32H34F2N4O7. The summed E-state index contributed by atoms with van der Waals surface area (Å²) in [5.74, 6) is -2.43. The average molecular weight is 625 g/mol. The number of nitrogens with zero attached hydrogens (tertiary/aromatic N) is 3. The highest BCUT2D eigenvalue weighted by Gasteiger charge is 2.21. The van der Waals surface area contributed by atoms with Gasteiger partial charge in [0.2, 0.25) is 0 Å². The zero-order chi connectivity index (χ0) is 32.9. The molecule has 0 atom stereocenters. The predicted octanol–water partition coefficient (Wildman–Crippen LogP) is 6.52. The third-order valence-electron chi connectivity index (χ3n) is 6.31. The molecule has 0 spiro atoms. The lowest BCUT2D eigenvalue weighted by atomic mass is 10.1. The van der Waals surface area contributed by atoms with Gasteiger partial charge in [-0.05, 0) is 39.8 Å². The van der Waals surface area contributed by atoms with E-state index in [-0.39, 0.29) is 35.9 Å². The Morgan fingerprint density at radius 1 is 0.933 bits per heavy atom. The minimum Gasteiger partial charge on any atom is -0.496 e. The summed E-state index contributed by atoms with van der Waals surface area (Å²) in [6.45, 7) is 7.43. The first-order valence-corrected chi connectivity index (χ1v) is 13.8. The van der Waals surface area contributed by atoms with Gasteiger partial charge in [-0.25, -0.2) is 13.6 Å². The van der Waals surface area contributed by atoms with E-state index in [0.29, 0.717) is 28.1 Å². The van der Waals surface area contributed by atoms with E-state index in [4.69, 9.17) is 23.7 Å². The van der Waals surface area contributed by atoms with Gasteiger partial charge in [0.1, 0.15) is 23.7 Å². The number of rotatable bonds is 10. The van der Waals surface area contributed by atoms with Crippen molar-refractivity contribution < 1.29 is 42.1 Å². The van der Waals surface area contributed by atoms with Crippen LogP contribution in [0.3, 0.4) is 0 Å². The van der Waals surface area contributed by atoms with Crippen LogP contribution in [0, 0.1) is 18.6 Å². The Morgan fingerprint density at radius 2 is 1.62 bits per heavy atom. The molecule has 2 heterocycles. The Balaban J connectivity index is 1.52. The molecule has 0 fully saturated rings. The fraction of sp³-hybridized carbons (Fsp3) is 0.312. The number of fused-ring (bicyclic) bond motifs is 1. The van der Waals surface area contributed by atoms with Gasteiger partial charge in [-0.2, -0.15) is 0 Å². The Bertz CT molecular complexity index is 1700. The first kappa shape index (κ1) is 32.7. The molecule has 1 N–H and O–H groups in total. The molecule has 0 aliphatic heterocycles. The molecule has 2 aromatic heterocycles. The Kier molecular flexibility index (Phi) is 9.90. The van der Waals surface area contributed by atoms with Crippen LogP contribution in [-0.4, -0.2) is 66.9 Å². The number of pyridine rings is 2. The van der Waals surface area contributed by atoms with Gasteiger partial charge in [0.15, 0.2) is 28.9 Å². The lowest BCUT2D eigenvalue weighted by molar-refractivity contribution is 0.0278. The molecule has 4 aromatic rings. The number of amides is 2. The number of likely N-dealkylation sites (N-methyl/N-ethyl adjacent to an activating group) is 1. The molecule has 4 rings (SSSR count). The van der Waals surface area contributed by atoms with Gasteiger partial charge < -0.3 is 33.9 Å². The molecule has 2 amide bonds. The number of carbonyl (C=O) groups excluding carboxylic acids is 2. The van der Waals surface area contributed by atoms with E-state index >= 15 is 8.78 Å².